The number of methoxy groups -OCH3 is 1. The zero-order valence-electron chi connectivity index (χ0n) is 29.4. The fraction of sp³-hybridized carbons (Fsp3) is 0.568. The van der Waals surface area contributed by atoms with Crippen LogP contribution in [-0.2, 0) is 42.0 Å². The van der Waals surface area contributed by atoms with Gasteiger partial charge in [0, 0.05) is 58.3 Å². The highest BCUT2D eigenvalue weighted by atomic mass is 35.5. The highest BCUT2D eigenvalue weighted by molar-refractivity contribution is 7.87. The predicted octanol–water partition coefficient (Wildman–Crippen LogP) is 4.16. The molecule has 0 saturated heterocycles. The highest BCUT2D eigenvalue weighted by Crippen LogP contribution is 2.48. The predicted molar refractivity (Wildman–Crippen MR) is 193 cm³/mol. The van der Waals surface area contributed by atoms with Crippen LogP contribution in [0, 0.1) is 11.8 Å². The minimum Gasteiger partial charge on any atom is -0.490 e. The standard InChI is InChI=1S/C37H49ClN4O7S/c1-40(2)50(46,47)39-35(45)37(48-4)21-34(44)41(3)18-7-5-6-10-32(43)29-14-11-26(29)22-42-23-36(24-49-33-16-12-27(37)20-31(33)42)17-8-9-25-19-28(38)13-15-30(25)36/h6,10,12-13,15-16,19-20,26,29,32,43H,5,7-9,11,14,17-18,21-24H2,1-4H3,(H,39,45)/b10-6+/t26-,29+,32-,36-,37+/m0/s1. The Hall–Kier alpha value is -3.16. The lowest BCUT2D eigenvalue weighted by Gasteiger charge is -2.45. The molecule has 0 unspecified atom stereocenters. The third kappa shape index (κ3) is 7.01. The molecule has 5 atom stereocenters. The van der Waals surface area contributed by atoms with Crippen LogP contribution in [0.25, 0.3) is 0 Å². The van der Waals surface area contributed by atoms with Gasteiger partial charge < -0.3 is 24.4 Å². The third-order valence-corrected chi connectivity index (χ3v) is 13.0. The normalized spacial score (nSPS) is 29.6. The van der Waals surface area contributed by atoms with Gasteiger partial charge in [-0.05, 0) is 97.7 Å². The average Bonchev–Trinajstić information content (AvgIpc) is 3.21. The van der Waals surface area contributed by atoms with Gasteiger partial charge in [0.1, 0.15) is 5.75 Å². The number of carbonyl (C=O) groups excluding carboxylic acids is 2. The molecule has 2 N–H and O–H groups in total. The number of ether oxygens (including phenoxy) is 2. The topological polar surface area (TPSA) is 129 Å². The number of amides is 2. The molecule has 4 aliphatic rings. The summed E-state index contributed by atoms with van der Waals surface area (Å²) in [5, 5.41) is 11.9. The molecule has 6 rings (SSSR count). The molecule has 1 saturated carbocycles. The first-order valence-corrected chi connectivity index (χ1v) is 19.3. The summed E-state index contributed by atoms with van der Waals surface area (Å²) in [5.41, 5.74) is 1.17. The number of benzene rings is 2. The zero-order valence-corrected chi connectivity index (χ0v) is 30.9. The number of halogens is 1. The second-order valence-electron chi connectivity index (χ2n) is 14.6. The molecule has 11 nitrogen and oxygen atoms in total. The minimum atomic E-state index is -4.22. The number of aryl methyl sites for hydroxylation is 1. The van der Waals surface area contributed by atoms with Crippen LogP contribution in [0.4, 0.5) is 5.69 Å². The number of nitrogens with zero attached hydrogens (tertiary/aromatic N) is 3. The molecule has 0 radical (unpaired) electrons. The molecule has 2 aliphatic carbocycles. The molecule has 2 amide bonds. The summed E-state index contributed by atoms with van der Waals surface area (Å²) in [6.45, 7) is 2.10. The van der Waals surface area contributed by atoms with Crippen molar-refractivity contribution in [2.45, 2.75) is 68.5 Å². The van der Waals surface area contributed by atoms with Crippen molar-refractivity contribution in [3.63, 3.8) is 0 Å². The minimum absolute atomic E-state index is 0.0930. The molecular formula is C37H49ClN4O7S. The first kappa shape index (κ1) is 36.6. The van der Waals surface area contributed by atoms with Crippen molar-refractivity contribution in [3.8, 4) is 5.75 Å². The van der Waals surface area contributed by atoms with Gasteiger partial charge in [0.2, 0.25) is 5.91 Å². The van der Waals surface area contributed by atoms with E-state index in [0.29, 0.717) is 55.4 Å². The van der Waals surface area contributed by atoms with E-state index in [0.717, 1.165) is 42.1 Å². The molecule has 2 aliphatic heterocycles. The van der Waals surface area contributed by atoms with Gasteiger partial charge in [-0.25, -0.2) is 4.72 Å². The molecule has 2 heterocycles. The van der Waals surface area contributed by atoms with Gasteiger partial charge >= 0.3 is 10.2 Å². The quantitative estimate of drug-likeness (QED) is 0.450. The number of hydrogen-bond acceptors (Lipinski definition) is 8. The SMILES string of the molecule is CO[C@]1(C(=O)NS(=O)(=O)N(C)C)CC(=O)N(C)CCC/C=C/[C@H](O)[C@@H]2CC[C@H]2CN2C[C@@]3(CCCc4cc(Cl)ccc43)COc3ccc1cc32. The van der Waals surface area contributed by atoms with E-state index in [4.69, 9.17) is 21.1 Å². The van der Waals surface area contributed by atoms with E-state index in [9.17, 15) is 23.1 Å². The van der Waals surface area contributed by atoms with Crippen LogP contribution in [0.2, 0.25) is 5.02 Å². The monoisotopic (exact) mass is 728 g/mol. The van der Waals surface area contributed by atoms with E-state index in [1.165, 1.54) is 37.2 Å². The largest absolute Gasteiger partial charge is 0.490 e. The van der Waals surface area contributed by atoms with E-state index in [-0.39, 0.29) is 23.2 Å². The molecule has 272 valence electrons. The van der Waals surface area contributed by atoms with Crippen molar-refractivity contribution >= 4 is 39.3 Å². The number of fused-ring (bicyclic) bond motifs is 4. The first-order chi connectivity index (χ1) is 23.8. The molecule has 2 aromatic carbocycles. The van der Waals surface area contributed by atoms with Gasteiger partial charge in [0.15, 0.2) is 5.60 Å². The second kappa shape index (κ2) is 14.5. The van der Waals surface area contributed by atoms with Gasteiger partial charge in [0.25, 0.3) is 5.91 Å². The van der Waals surface area contributed by atoms with Crippen LogP contribution in [0.1, 0.15) is 61.6 Å². The molecule has 0 aromatic heterocycles. The van der Waals surface area contributed by atoms with Crippen LogP contribution in [-0.4, -0.2) is 95.1 Å². The van der Waals surface area contributed by atoms with Crippen molar-refractivity contribution in [1.82, 2.24) is 13.9 Å². The number of anilines is 1. The van der Waals surface area contributed by atoms with E-state index >= 15 is 0 Å². The van der Waals surface area contributed by atoms with Gasteiger partial charge in [-0.15, -0.1) is 0 Å². The Morgan fingerprint density at radius 2 is 1.96 bits per heavy atom. The van der Waals surface area contributed by atoms with E-state index in [1.807, 2.05) is 24.3 Å². The maximum Gasteiger partial charge on any atom is 0.303 e. The number of rotatable bonds is 4. The summed E-state index contributed by atoms with van der Waals surface area (Å²) in [5.74, 6) is -0.422. The van der Waals surface area contributed by atoms with Crippen molar-refractivity contribution in [3.05, 3.63) is 70.3 Å². The molecular weight excluding hydrogens is 680 g/mol. The van der Waals surface area contributed by atoms with Crippen LogP contribution in [0.3, 0.4) is 0 Å². The summed E-state index contributed by atoms with van der Waals surface area (Å²) in [4.78, 5) is 31.8. The number of carbonyl (C=O) groups is 2. The first-order valence-electron chi connectivity index (χ1n) is 17.5. The van der Waals surface area contributed by atoms with E-state index in [2.05, 4.69) is 21.8 Å². The molecule has 2 aromatic rings. The zero-order chi connectivity index (χ0) is 35.8. The molecule has 2 bridgehead atoms. The lowest BCUT2D eigenvalue weighted by molar-refractivity contribution is -0.152. The maximum absolute atomic E-state index is 14.2. The smallest absolute Gasteiger partial charge is 0.303 e. The number of hydrogen-bond donors (Lipinski definition) is 2. The van der Waals surface area contributed by atoms with Gasteiger partial charge in [0.05, 0.1) is 24.8 Å². The second-order valence-corrected chi connectivity index (χ2v) is 16.9. The van der Waals surface area contributed by atoms with Crippen LogP contribution >= 0.6 is 11.6 Å². The van der Waals surface area contributed by atoms with Crippen LogP contribution < -0.4 is 14.4 Å². The highest BCUT2D eigenvalue weighted by Gasteiger charge is 2.48. The van der Waals surface area contributed by atoms with Crippen molar-refractivity contribution in [1.29, 1.82) is 0 Å². The van der Waals surface area contributed by atoms with E-state index < -0.39 is 34.2 Å². The molecule has 13 heteroatoms. The summed E-state index contributed by atoms with van der Waals surface area (Å²) < 4.78 is 41.6. The number of aliphatic hydroxyl groups is 1. The van der Waals surface area contributed by atoms with Crippen LogP contribution in [0.15, 0.2) is 48.6 Å². The fourth-order valence-corrected chi connectivity index (χ4v) is 8.88. The lowest BCUT2D eigenvalue weighted by atomic mass is 9.68. The lowest BCUT2D eigenvalue weighted by Crippen LogP contribution is -2.52. The summed E-state index contributed by atoms with van der Waals surface area (Å²) in [6, 6.07) is 11.4. The maximum atomic E-state index is 14.2. The Balaban J connectivity index is 1.49. The van der Waals surface area contributed by atoms with Crippen LogP contribution in [0.5, 0.6) is 5.75 Å². The summed E-state index contributed by atoms with van der Waals surface area (Å²) in [7, 11) is 1.40. The Morgan fingerprint density at radius 3 is 2.68 bits per heavy atom. The molecule has 1 fully saturated rings. The Kier molecular flexibility index (Phi) is 10.6. The van der Waals surface area contributed by atoms with E-state index in [1.54, 1.807) is 19.2 Å². The molecule has 1 spiro atoms. The number of nitrogens with one attached hydrogen (secondary N) is 1. The van der Waals surface area contributed by atoms with Gasteiger partial charge in [-0.1, -0.05) is 35.9 Å². The Labute approximate surface area is 300 Å². The summed E-state index contributed by atoms with van der Waals surface area (Å²) in [6.07, 6.45) is 8.90. The Bertz CT molecular complexity index is 1750. The number of allylic oxidation sites excluding steroid dienone is 1. The van der Waals surface area contributed by atoms with Crippen molar-refractivity contribution < 1.29 is 32.6 Å². The fourth-order valence-electron chi connectivity index (χ4n) is 8.10. The van der Waals surface area contributed by atoms with Crippen molar-refractivity contribution in [2.75, 3.05) is 59.4 Å². The van der Waals surface area contributed by atoms with Crippen molar-refractivity contribution in [2.24, 2.45) is 11.8 Å². The average molecular weight is 729 g/mol. The van der Waals surface area contributed by atoms with Gasteiger partial charge in [-0.2, -0.15) is 12.7 Å². The number of aliphatic hydroxyl groups excluding tert-OH is 1. The Morgan fingerprint density at radius 1 is 1.16 bits per heavy atom. The summed E-state index contributed by atoms with van der Waals surface area (Å²) >= 11 is 6.45. The third-order valence-electron chi connectivity index (χ3n) is 11.3. The van der Waals surface area contributed by atoms with Gasteiger partial charge in [-0.3, -0.25) is 9.59 Å². The molecule has 50 heavy (non-hydrogen) atoms.